The van der Waals surface area contributed by atoms with Gasteiger partial charge in [0.1, 0.15) is 4.60 Å². The van der Waals surface area contributed by atoms with Gasteiger partial charge in [-0.25, -0.2) is 0 Å². The smallest absolute Gasteiger partial charge is 0.273 e. The largest absolute Gasteiger partial charge is 0.346 e. The molecule has 2 aromatic rings. The highest BCUT2D eigenvalue weighted by Crippen LogP contribution is 2.23. The van der Waals surface area contributed by atoms with Crippen molar-refractivity contribution in [1.29, 1.82) is 0 Å². The summed E-state index contributed by atoms with van der Waals surface area (Å²) in [5, 5.41) is 13.8. The maximum atomic E-state index is 12.0. The Balaban J connectivity index is 2.04. The molecule has 2 aromatic heterocycles. The zero-order chi connectivity index (χ0) is 14.0. The van der Waals surface area contributed by atoms with Gasteiger partial charge in [0.2, 0.25) is 0 Å². The zero-order valence-corrected chi connectivity index (χ0v) is 13.7. The molecule has 0 radical (unpaired) electrons. The number of nitrogens with zero attached hydrogens (tertiary/aromatic N) is 3. The van der Waals surface area contributed by atoms with Crippen molar-refractivity contribution < 1.29 is 4.79 Å². The van der Waals surface area contributed by atoms with Gasteiger partial charge in [-0.1, -0.05) is 0 Å². The van der Waals surface area contributed by atoms with Gasteiger partial charge >= 0.3 is 0 Å². The minimum absolute atomic E-state index is 0.238. The van der Waals surface area contributed by atoms with E-state index in [2.05, 4.69) is 52.5 Å². The van der Waals surface area contributed by atoms with E-state index in [1.165, 1.54) is 0 Å². The molecule has 0 bridgehead atoms. The fraction of sp³-hybridized carbons (Fsp3) is 0.364. The highest BCUT2D eigenvalue weighted by atomic mass is 79.9. The molecule has 2 rings (SSSR count). The normalized spacial score (nSPS) is 10.7. The molecular weight excluding hydrogens is 378 g/mol. The lowest BCUT2D eigenvalue weighted by Crippen LogP contribution is -2.23. The first-order chi connectivity index (χ1) is 9.02. The van der Waals surface area contributed by atoms with Gasteiger partial charge in [0.25, 0.3) is 5.91 Å². The molecule has 6 nitrogen and oxygen atoms in total. The summed E-state index contributed by atoms with van der Waals surface area (Å²) < 4.78 is 3.11. The van der Waals surface area contributed by atoms with Crippen LogP contribution in [-0.4, -0.2) is 25.9 Å². The maximum absolute atomic E-state index is 12.0. The fourth-order valence-electron chi connectivity index (χ4n) is 1.61. The lowest BCUT2D eigenvalue weighted by atomic mass is 10.2. The number of hydrogen-bond donors (Lipinski definition) is 2. The average molecular weight is 391 g/mol. The Kier molecular flexibility index (Phi) is 4.41. The molecule has 8 heteroatoms. The molecule has 0 aromatic carbocycles. The molecule has 2 heterocycles. The number of nitrogens with one attached hydrogen (secondary N) is 2. The van der Waals surface area contributed by atoms with E-state index in [1.807, 2.05) is 24.7 Å². The summed E-state index contributed by atoms with van der Waals surface area (Å²) >= 11 is 6.54. The number of halogens is 2. The van der Waals surface area contributed by atoms with Crippen molar-refractivity contribution in [3.05, 3.63) is 32.2 Å². The highest BCUT2D eigenvalue weighted by Gasteiger charge is 2.16. The highest BCUT2D eigenvalue weighted by molar-refractivity contribution is 9.13. The van der Waals surface area contributed by atoms with Crippen LogP contribution in [0, 0.1) is 6.92 Å². The Bertz CT molecular complexity index is 604. The van der Waals surface area contributed by atoms with E-state index in [4.69, 9.17) is 0 Å². The zero-order valence-electron chi connectivity index (χ0n) is 10.5. The molecule has 0 unspecified atom stereocenters. The van der Waals surface area contributed by atoms with Crippen LogP contribution in [0.1, 0.15) is 28.7 Å². The van der Waals surface area contributed by atoms with Crippen molar-refractivity contribution >= 4 is 37.8 Å². The van der Waals surface area contributed by atoms with Crippen molar-refractivity contribution in [3.63, 3.8) is 0 Å². The molecule has 0 aliphatic carbocycles. The van der Waals surface area contributed by atoms with Crippen LogP contribution in [-0.2, 0) is 13.1 Å². The third kappa shape index (κ3) is 3.06. The minimum Gasteiger partial charge on any atom is -0.346 e. The standard InChI is InChI=1S/C11H13Br2N5O/c1-3-18-5-7(6(2)17-18)4-14-11(19)9-8(12)10(13)16-15-9/h5H,3-4H2,1-2H3,(H,14,19)(H,15,16). The predicted molar refractivity (Wildman–Crippen MR) is 77.8 cm³/mol. The van der Waals surface area contributed by atoms with E-state index in [0.717, 1.165) is 17.8 Å². The summed E-state index contributed by atoms with van der Waals surface area (Å²) in [6.07, 6.45) is 1.94. The number of amides is 1. The van der Waals surface area contributed by atoms with Gasteiger partial charge in [-0.15, -0.1) is 0 Å². The average Bonchev–Trinajstić information content (AvgIpc) is 2.91. The topological polar surface area (TPSA) is 75.6 Å². The van der Waals surface area contributed by atoms with Crippen molar-refractivity contribution in [2.75, 3.05) is 0 Å². The molecule has 1 amide bonds. The summed E-state index contributed by atoms with van der Waals surface area (Å²) in [4.78, 5) is 12.0. The van der Waals surface area contributed by atoms with Crippen LogP contribution < -0.4 is 5.32 Å². The Hall–Kier alpha value is -1.15. The molecule has 0 saturated carbocycles. The number of aromatic nitrogens is 4. The van der Waals surface area contributed by atoms with E-state index >= 15 is 0 Å². The Labute approximate surface area is 127 Å². The first kappa shape index (κ1) is 14.3. The van der Waals surface area contributed by atoms with Gasteiger partial charge in [-0.2, -0.15) is 10.2 Å². The van der Waals surface area contributed by atoms with Crippen molar-refractivity contribution in [2.24, 2.45) is 0 Å². The monoisotopic (exact) mass is 389 g/mol. The molecule has 0 atom stereocenters. The van der Waals surface area contributed by atoms with Crippen LogP contribution in [0.2, 0.25) is 0 Å². The molecule has 0 spiro atoms. The Morgan fingerprint density at radius 1 is 1.53 bits per heavy atom. The second-order valence-corrected chi connectivity index (χ2v) is 5.56. The number of carbonyl (C=O) groups excluding carboxylic acids is 1. The van der Waals surface area contributed by atoms with E-state index in [9.17, 15) is 4.79 Å². The first-order valence-corrected chi connectivity index (χ1v) is 7.32. The summed E-state index contributed by atoms with van der Waals surface area (Å²) in [6, 6.07) is 0. The van der Waals surface area contributed by atoms with Crippen molar-refractivity contribution in [3.8, 4) is 0 Å². The van der Waals surface area contributed by atoms with Gasteiger partial charge in [0.05, 0.1) is 10.2 Å². The molecule has 0 aliphatic heterocycles. The fourth-order valence-corrected chi connectivity index (χ4v) is 2.25. The lowest BCUT2D eigenvalue weighted by molar-refractivity contribution is 0.0945. The molecule has 0 saturated heterocycles. The van der Waals surface area contributed by atoms with Crippen LogP contribution in [0.4, 0.5) is 0 Å². The summed E-state index contributed by atoms with van der Waals surface area (Å²) in [6.45, 7) is 5.19. The number of H-pyrrole nitrogens is 1. The molecule has 0 fully saturated rings. The number of hydrogen-bond acceptors (Lipinski definition) is 3. The first-order valence-electron chi connectivity index (χ1n) is 5.73. The summed E-state index contributed by atoms with van der Waals surface area (Å²) in [7, 11) is 0. The van der Waals surface area contributed by atoms with Gasteiger partial charge in [0.15, 0.2) is 5.69 Å². The third-order valence-electron chi connectivity index (χ3n) is 2.69. The van der Waals surface area contributed by atoms with Crippen LogP contribution in [0.5, 0.6) is 0 Å². The van der Waals surface area contributed by atoms with Gasteiger partial charge in [0, 0.05) is 24.8 Å². The molecule has 19 heavy (non-hydrogen) atoms. The second kappa shape index (κ2) is 5.87. The molecule has 2 N–H and O–H groups in total. The lowest BCUT2D eigenvalue weighted by Gasteiger charge is -2.02. The number of rotatable bonds is 4. The van der Waals surface area contributed by atoms with Crippen LogP contribution >= 0.6 is 31.9 Å². The van der Waals surface area contributed by atoms with Gasteiger partial charge in [-0.3, -0.25) is 14.6 Å². The van der Waals surface area contributed by atoms with E-state index in [0.29, 0.717) is 21.3 Å². The van der Waals surface area contributed by atoms with E-state index < -0.39 is 0 Å². The number of aromatic amines is 1. The number of carbonyl (C=O) groups is 1. The number of aryl methyl sites for hydroxylation is 2. The summed E-state index contributed by atoms with van der Waals surface area (Å²) in [5.74, 6) is -0.238. The molecule has 0 aliphatic rings. The quantitative estimate of drug-likeness (QED) is 0.841. The van der Waals surface area contributed by atoms with Gasteiger partial charge in [-0.05, 0) is 45.7 Å². The van der Waals surface area contributed by atoms with Crippen molar-refractivity contribution in [2.45, 2.75) is 26.9 Å². The van der Waals surface area contributed by atoms with Crippen LogP contribution in [0.3, 0.4) is 0 Å². The summed E-state index contributed by atoms with van der Waals surface area (Å²) in [5.41, 5.74) is 2.25. The Morgan fingerprint density at radius 3 is 2.79 bits per heavy atom. The SMILES string of the molecule is CCn1cc(CNC(=O)c2n[nH]c(Br)c2Br)c(C)n1. The van der Waals surface area contributed by atoms with E-state index in [-0.39, 0.29) is 5.91 Å². The Morgan fingerprint density at radius 2 is 2.26 bits per heavy atom. The van der Waals surface area contributed by atoms with Gasteiger partial charge < -0.3 is 5.32 Å². The van der Waals surface area contributed by atoms with Crippen LogP contribution in [0.15, 0.2) is 15.3 Å². The molecule has 102 valence electrons. The maximum Gasteiger partial charge on any atom is 0.273 e. The van der Waals surface area contributed by atoms with Crippen LogP contribution in [0.25, 0.3) is 0 Å². The second-order valence-electron chi connectivity index (χ2n) is 3.98. The van der Waals surface area contributed by atoms with E-state index in [1.54, 1.807) is 0 Å². The molecular formula is C11H13Br2N5O. The van der Waals surface area contributed by atoms with Crippen molar-refractivity contribution in [1.82, 2.24) is 25.3 Å². The minimum atomic E-state index is -0.238. The third-order valence-corrected chi connectivity index (χ3v) is 4.57. The predicted octanol–water partition coefficient (Wildman–Crippen LogP) is 2.39.